The zero-order valence-corrected chi connectivity index (χ0v) is 9.42. The van der Waals surface area contributed by atoms with Gasteiger partial charge in [0.25, 0.3) is 0 Å². The predicted molar refractivity (Wildman–Crippen MR) is 69.0 cm³/mol. The minimum absolute atomic E-state index is 0.658. The number of hydrogen-bond donors (Lipinski definition) is 2. The number of anilines is 1. The zero-order chi connectivity index (χ0) is 12.4. The van der Waals surface area contributed by atoms with Crippen LogP contribution in [0.4, 0.5) is 5.69 Å². The van der Waals surface area contributed by atoms with Crippen molar-refractivity contribution in [1.29, 1.82) is 0 Å². The van der Waals surface area contributed by atoms with Crippen molar-refractivity contribution >= 4 is 23.0 Å². The van der Waals surface area contributed by atoms with Crippen molar-refractivity contribution in [3.8, 4) is 11.3 Å². The van der Waals surface area contributed by atoms with Gasteiger partial charge in [0.2, 0.25) is 6.41 Å². The van der Waals surface area contributed by atoms with E-state index in [-0.39, 0.29) is 0 Å². The summed E-state index contributed by atoms with van der Waals surface area (Å²) in [6.07, 6.45) is 4.14. The third-order valence-electron chi connectivity index (χ3n) is 2.72. The lowest BCUT2D eigenvalue weighted by Gasteiger charge is -2.00. The van der Waals surface area contributed by atoms with Crippen molar-refractivity contribution < 1.29 is 4.79 Å². The smallest absolute Gasteiger partial charge is 0.211 e. The number of aromatic nitrogens is 3. The Bertz CT molecular complexity index is 691. The number of benzene rings is 1. The van der Waals surface area contributed by atoms with E-state index in [1.54, 1.807) is 12.4 Å². The van der Waals surface area contributed by atoms with Crippen LogP contribution in [0.25, 0.3) is 22.2 Å². The highest BCUT2D eigenvalue weighted by Crippen LogP contribution is 2.27. The van der Waals surface area contributed by atoms with E-state index in [4.69, 9.17) is 0 Å². The lowest BCUT2D eigenvalue weighted by atomic mass is 10.1. The van der Waals surface area contributed by atoms with E-state index in [0.29, 0.717) is 6.41 Å². The van der Waals surface area contributed by atoms with Gasteiger partial charge >= 0.3 is 0 Å². The van der Waals surface area contributed by atoms with Crippen molar-refractivity contribution in [2.45, 2.75) is 0 Å². The molecule has 0 aliphatic rings. The lowest BCUT2D eigenvalue weighted by Crippen LogP contribution is -1.92. The largest absolute Gasteiger partial charge is 0.329 e. The van der Waals surface area contributed by atoms with Gasteiger partial charge in [0, 0.05) is 29.0 Å². The van der Waals surface area contributed by atoms with Crippen LogP contribution in [0.1, 0.15) is 0 Å². The normalized spacial score (nSPS) is 10.4. The van der Waals surface area contributed by atoms with Gasteiger partial charge in [-0.2, -0.15) is 5.10 Å². The molecular formula is C13H10N4O. The molecule has 0 saturated carbocycles. The standard InChI is InChI=1S/C13H10N4O/c18-8-15-10-3-4-12-11(6-10)13(17-16-12)9-2-1-5-14-7-9/h1-8H,(H,15,18)(H,16,17). The minimum atomic E-state index is 0.658. The summed E-state index contributed by atoms with van der Waals surface area (Å²) in [6.45, 7) is 0. The van der Waals surface area contributed by atoms with Gasteiger partial charge in [-0.1, -0.05) is 0 Å². The van der Waals surface area contributed by atoms with Gasteiger partial charge in [-0.05, 0) is 30.3 Å². The minimum Gasteiger partial charge on any atom is -0.329 e. The highest BCUT2D eigenvalue weighted by Gasteiger charge is 2.08. The molecule has 2 aromatic heterocycles. The summed E-state index contributed by atoms with van der Waals surface area (Å²) in [5.41, 5.74) is 3.42. The number of fused-ring (bicyclic) bond motifs is 1. The summed E-state index contributed by atoms with van der Waals surface area (Å²) in [7, 11) is 0. The van der Waals surface area contributed by atoms with E-state index in [9.17, 15) is 4.79 Å². The van der Waals surface area contributed by atoms with E-state index >= 15 is 0 Å². The van der Waals surface area contributed by atoms with E-state index < -0.39 is 0 Å². The molecule has 3 aromatic rings. The molecule has 2 heterocycles. The van der Waals surface area contributed by atoms with Crippen LogP contribution >= 0.6 is 0 Å². The van der Waals surface area contributed by atoms with E-state index in [1.165, 1.54) is 0 Å². The second kappa shape index (κ2) is 4.29. The highest BCUT2D eigenvalue weighted by molar-refractivity contribution is 5.95. The number of rotatable bonds is 3. The maximum absolute atomic E-state index is 10.5. The van der Waals surface area contributed by atoms with Crippen LogP contribution < -0.4 is 5.32 Å². The average Bonchev–Trinajstić information content (AvgIpc) is 2.83. The number of amides is 1. The molecule has 0 spiro atoms. The lowest BCUT2D eigenvalue weighted by molar-refractivity contribution is -0.105. The van der Waals surface area contributed by atoms with E-state index in [0.717, 1.165) is 27.8 Å². The molecule has 0 aliphatic heterocycles. The molecule has 0 atom stereocenters. The monoisotopic (exact) mass is 238 g/mol. The molecule has 0 radical (unpaired) electrons. The summed E-state index contributed by atoms with van der Waals surface area (Å²) in [4.78, 5) is 14.5. The fourth-order valence-electron chi connectivity index (χ4n) is 1.89. The van der Waals surface area contributed by atoms with Crippen molar-refractivity contribution in [2.75, 3.05) is 5.32 Å². The quantitative estimate of drug-likeness (QED) is 0.687. The SMILES string of the molecule is O=CNc1ccc2[nH]nc(-c3cccnc3)c2c1. The Labute approximate surface area is 103 Å². The molecule has 0 fully saturated rings. The number of aromatic amines is 1. The first-order valence-corrected chi connectivity index (χ1v) is 5.47. The molecule has 88 valence electrons. The van der Waals surface area contributed by atoms with Crippen LogP contribution in [-0.2, 0) is 4.79 Å². The average molecular weight is 238 g/mol. The van der Waals surface area contributed by atoms with Gasteiger partial charge in [-0.25, -0.2) is 0 Å². The molecular weight excluding hydrogens is 228 g/mol. The summed E-state index contributed by atoms with van der Waals surface area (Å²) in [5.74, 6) is 0. The first-order chi connectivity index (χ1) is 8.88. The van der Waals surface area contributed by atoms with Crippen LogP contribution in [0.15, 0.2) is 42.7 Å². The number of pyridine rings is 1. The first kappa shape index (κ1) is 10.5. The Hall–Kier alpha value is -2.69. The van der Waals surface area contributed by atoms with Crippen LogP contribution in [-0.4, -0.2) is 21.6 Å². The molecule has 5 nitrogen and oxygen atoms in total. The van der Waals surface area contributed by atoms with Crippen molar-refractivity contribution in [2.24, 2.45) is 0 Å². The molecule has 2 N–H and O–H groups in total. The van der Waals surface area contributed by atoms with E-state index in [1.807, 2.05) is 30.3 Å². The van der Waals surface area contributed by atoms with Crippen molar-refractivity contribution in [3.05, 3.63) is 42.7 Å². The fourth-order valence-corrected chi connectivity index (χ4v) is 1.89. The maximum atomic E-state index is 10.5. The third kappa shape index (κ3) is 1.71. The van der Waals surface area contributed by atoms with Crippen LogP contribution in [0, 0.1) is 0 Å². The van der Waals surface area contributed by atoms with Crippen molar-refractivity contribution in [3.63, 3.8) is 0 Å². The Morgan fingerprint density at radius 2 is 2.22 bits per heavy atom. The number of nitrogens with zero attached hydrogens (tertiary/aromatic N) is 2. The molecule has 0 saturated heterocycles. The predicted octanol–water partition coefficient (Wildman–Crippen LogP) is 2.19. The Morgan fingerprint density at radius 3 is 3.00 bits per heavy atom. The molecule has 0 aliphatic carbocycles. The molecule has 0 unspecified atom stereocenters. The molecule has 18 heavy (non-hydrogen) atoms. The number of hydrogen-bond acceptors (Lipinski definition) is 3. The number of H-pyrrole nitrogens is 1. The maximum Gasteiger partial charge on any atom is 0.211 e. The van der Waals surface area contributed by atoms with Gasteiger partial charge in [-0.15, -0.1) is 0 Å². The molecule has 1 aromatic carbocycles. The third-order valence-corrected chi connectivity index (χ3v) is 2.72. The molecule has 3 rings (SSSR count). The number of carbonyl (C=O) groups is 1. The number of nitrogens with one attached hydrogen (secondary N) is 2. The van der Waals surface area contributed by atoms with Gasteiger partial charge in [0.15, 0.2) is 0 Å². The summed E-state index contributed by atoms with van der Waals surface area (Å²) in [6, 6.07) is 9.40. The fraction of sp³-hybridized carbons (Fsp3) is 0. The van der Waals surface area contributed by atoms with Gasteiger partial charge in [0.1, 0.15) is 5.69 Å². The topological polar surface area (TPSA) is 70.7 Å². The van der Waals surface area contributed by atoms with Crippen LogP contribution in [0.3, 0.4) is 0 Å². The van der Waals surface area contributed by atoms with Crippen LogP contribution in [0.2, 0.25) is 0 Å². The van der Waals surface area contributed by atoms with Gasteiger partial charge in [-0.3, -0.25) is 14.9 Å². The number of carbonyl (C=O) groups excluding carboxylic acids is 1. The van der Waals surface area contributed by atoms with Gasteiger partial charge in [0.05, 0.1) is 5.52 Å². The summed E-state index contributed by atoms with van der Waals surface area (Å²) < 4.78 is 0. The second-order valence-electron chi connectivity index (χ2n) is 3.84. The molecule has 1 amide bonds. The van der Waals surface area contributed by atoms with Crippen molar-refractivity contribution in [1.82, 2.24) is 15.2 Å². The van der Waals surface area contributed by atoms with Gasteiger partial charge < -0.3 is 5.32 Å². The molecule has 0 bridgehead atoms. The summed E-state index contributed by atoms with van der Waals surface area (Å²) in [5, 5.41) is 10.8. The molecule has 5 heteroatoms. The Kier molecular flexibility index (Phi) is 2.49. The summed E-state index contributed by atoms with van der Waals surface area (Å²) >= 11 is 0. The van der Waals surface area contributed by atoms with E-state index in [2.05, 4.69) is 20.5 Å². The Morgan fingerprint density at radius 1 is 1.28 bits per heavy atom. The second-order valence-corrected chi connectivity index (χ2v) is 3.84. The Balaban J connectivity index is 2.18. The zero-order valence-electron chi connectivity index (χ0n) is 9.42. The van der Waals surface area contributed by atoms with Crippen LogP contribution in [0.5, 0.6) is 0 Å². The highest BCUT2D eigenvalue weighted by atomic mass is 16.1. The first-order valence-electron chi connectivity index (χ1n) is 5.47.